The SMILES string of the molecule is Cn1cc(CNC(=O)NCc2cccnc2)cn1. The fourth-order valence-corrected chi connectivity index (χ4v) is 1.49. The first-order valence-electron chi connectivity index (χ1n) is 5.62. The van der Waals surface area contributed by atoms with Crippen molar-refractivity contribution in [2.45, 2.75) is 13.1 Å². The molecule has 0 unspecified atom stereocenters. The van der Waals surface area contributed by atoms with Crippen molar-refractivity contribution in [1.82, 2.24) is 25.4 Å². The van der Waals surface area contributed by atoms with Gasteiger partial charge in [-0.3, -0.25) is 9.67 Å². The Bertz CT molecular complexity index is 508. The van der Waals surface area contributed by atoms with Crippen LogP contribution in [-0.2, 0) is 20.1 Å². The number of nitrogens with one attached hydrogen (secondary N) is 2. The van der Waals surface area contributed by atoms with E-state index in [9.17, 15) is 4.79 Å². The van der Waals surface area contributed by atoms with E-state index in [4.69, 9.17) is 0 Å². The second-order valence-corrected chi connectivity index (χ2v) is 3.92. The number of hydrogen-bond acceptors (Lipinski definition) is 3. The van der Waals surface area contributed by atoms with Gasteiger partial charge in [-0.05, 0) is 11.6 Å². The molecule has 0 bridgehead atoms. The van der Waals surface area contributed by atoms with Crippen LogP contribution in [0.1, 0.15) is 11.1 Å². The van der Waals surface area contributed by atoms with Crippen LogP contribution in [0.2, 0.25) is 0 Å². The van der Waals surface area contributed by atoms with Crippen molar-refractivity contribution in [3.8, 4) is 0 Å². The number of aromatic nitrogens is 3. The van der Waals surface area contributed by atoms with Crippen LogP contribution in [-0.4, -0.2) is 20.8 Å². The van der Waals surface area contributed by atoms with Gasteiger partial charge in [0, 0.05) is 44.3 Å². The highest BCUT2D eigenvalue weighted by molar-refractivity contribution is 5.73. The quantitative estimate of drug-likeness (QED) is 0.837. The molecule has 2 aromatic heterocycles. The largest absolute Gasteiger partial charge is 0.334 e. The van der Waals surface area contributed by atoms with Gasteiger partial charge in [-0.25, -0.2) is 4.79 Å². The van der Waals surface area contributed by atoms with Gasteiger partial charge in [-0.15, -0.1) is 0 Å². The van der Waals surface area contributed by atoms with E-state index in [1.165, 1.54) is 0 Å². The van der Waals surface area contributed by atoms with Crippen LogP contribution in [0.5, 0.6) is 0 Å². The highest BCUT2D eigenvalue weighted by Gasteiger charge is 2.01. The van der Waals surface area contributed by atoms with E-state index < -0.39 is 0 Å². The summed E-state index contributed by atoms with van der Waals surface area (Å²) in [7, 11) is 1.84. The molecule has 2 aromatic rings. The Morgan fingerprint density at radius 3 is 2.67 bits per heavy atom. The number of carbonyl (C=O) groups is 1. The van der Waals surface area contributed by atoms with Gasteiger partial charge in [-0.1, -0.05) is 6.07 Å². The van der Waals surface area contributed by atoms with Crippen LogP contribution in [0.4, 0.5) is 4.79 Å². The van der Waals surface area contributed by atoms with E-state index in [2.05, 4.69) is 20.7 Å². The summed E-state index contributed by atoms with van der Waals surface area (Å²) < 4.78 is 1.70. The molecular weight excluding hydrogens is 230 g/mol. The molecule has 18 heavy (non-hydrogen) atoms. The second-order valence-electron chi connectivity index (χ2n) is 3.92. The molecule has 2 heterocycles. The van der Waals surface area contributed by atoms with Crippen LogP contribution >= 0.6 is 0 Å². The minimum Gasteiger partial charge on any atom is -0.334 e. The summed E-state index contributed by atoms with van der Waals surface area (Å²) in [6, 6.07) is 3.54. The van der Waals surface area contributed by atoms with Gasteiger partial charge in [0.25, 0.3) is 0 Å². The van der Waals surface area contributed by atoms with Crippen LogP contribution in [0.25, 0.3) is 0 Å². The summed E-state index contributed by atoms with van der Waals surface area (Å²) in [5.74, 6) is 0. The summed E-state index contributed by atoms with van der Waals surface area (Å²) in [4.78, 5) is 15.5. The molecule has 0 radical (unpaired) electrons. The normalized spacial score (nSPS) is 10.1. The molecule has 0 aliphatic heterocycles. The standard InChI is InChI=1S/C12H15N5O/c1-17-9-11(8-16-17)7-15-12(18)14-6-10-3-2-4-13-5-10/h2-5,8-9H,6-7H2,1H3,(H2,14,15,18). The predicted octanol–water partition coefficient (Wildman–Crippen LogP) is 0.814. The lowest BCUT2D eigenvalue weighted by molar-refractivity contribution is 0.240. The first-order valence-corrected chi connectivity index (χ1v) is 5.62. The van der Waals surface area contributed by atoms with Crippen LogP contribution < -0.4 is 10.6 Å². The molecule has 0 atom stereocenters. The third kappa shape index (κ3) is 3.58. The molecule has 2 N–H and O–H groups in total. The van der Waals surface area contributed by atoms with Crippen molar-refractivity contribution < 1.29 is 4.79 Å². The lowest BCUT2D eigenvalue weighted by atomic mass is 10.3. The summed E-state index contributed by atoms with van der Waals surface area (Å²) in [5.41, 5.74) is 1.93. The Hall–Kier alpha value is -2.37. The fraction of sp³-hybridized carbons (Fsp3) is 0.250. The van der Waals surface area contributed by atoms with E-state index in [1.54, 1.807) is 23.3 Å². The zero-order valence-corrected chi connectivity index (χ0v) is 10.1. The Morgan fingerprint density at radius 2 is 2.06 bits per heavy atom. The number of aryl methyl sites for hydroxylation is 1. The van der Waals surface area contributed by atoms with Crippen LogP contribution in [0, 0.1) is 0 Å². The van der Waals surface area contributed by atoms with E-state index in [-0.39, 0.29) is 6.03 Å². The van der Waals surface area contributed by atoms with E-state index in [0.29, 0.717) is 13.1 Å². The molecule has 6 nitrogen and oxygen atoms in total. The molecule has 2 amide bonds. The average molecular weight is 245 g/mol. The Morgan fingerprint density at radius 1 is 1.28 bits per heavy atom. The highest BCUT2D eigenvalue weighted by Crippen LogP contribution is 1.96. The Labute approximate surface area is 105 Å². The summed E-state index contributed by atoms with van der Waals surface area (Å²) in [6.07, 6.45) is 7.01. The van der Waals surface area contributed by atoms with E-state index in [0.717, 1.165) is 11.1 Å². The Balaban J connectivity index is 1.73. The lowest BCUT2D eigenvalue weighted by Crippen LogP contribution is -2.34. The van der Waals surface area contributed by atoms with Crippen molar-refractivity contribution >= 4 is 6.03 Å². The van der Waals surface area contributed by atoms with Crippen LogP contribution in [0.3, 0.4) is 0 Å². The Kier molecular flexibility index (Phi) is 3.90. The fourth-order valence-electron chi connectivity index (χ4n) is 1.49. The van der Waals surface area contributed by atoms with Crippen molar-refractivity contribution in [3.63, 3.8) is 0 Å². The van der Waals surface area contributed by atoms with Gasteiger partial charge < -0.3 is 10.6 Å². The number of urea groups is 1. The first-order chi connectivity index (χ1) is 8.74. The molecule has 0 saturated carbocycles. The van der Waals surface area contributed by atoms with Gasteiger partial charge in [0.05, 0.1) is 6.20 Å². The molecule has 0 fully saturated rings. The van der Waals surface area contributed by atoms with Crippen molar-refractivity contribution in [2.75, 3.05) is 0 Å². The summed E-state index contributed by atoms with van der Waals surface area (Å²) in [6.45, 7) is 0.930. The zero-order chi connectivity index (χ0) is 12.8. The maximum Gasteiger partial charge on any atom is 0.315 e. The van der Waals surface area contributed by atoms with E-state index in [1.807, 2.05) is 25.4 Å². The summed E-state index contributed by atoms with van der Waals surface area (Å²) >= 11 is 0. The van der Waals surface area contributed by atoms with E-state index >= 15 is 0 Å². The average Bonchev–Trinajstić information content (AvgIpc) is 2.81. The number of pyridine rings is 1. The first kappa shape index (κ1) is 12.1. The maximum absolute atomic E-state index is 11.5. The van der Waals surface area contributed by atoms with Gasteiger partial charge in [0.1, 0.15) is 0 Å². The molecule has 0 saturated heterocycles. The highest BCUT2D eigenvalue weighted by atomic mass is 16.2. The van der Waals surface area contributed by atoms with Gasteiger partial charge >= 0.3 is 6.03 Å². The minimum absolute atomic E-state index is 0.206. The van der Waals surface area contributed by atoms with Gasteiger partial charge in [0.15, 0.2) is 0 Å². The van der Waals surface area contributed by atoms with Gasteiger partial charge in [0.2, 0.25) is 0 Å². The molecule has 94 valence electrons. The lowest BCUT2D eigenvalue weighted by Gasteiger charge is -2.06. The predicted molar refractivity (Wildman–Crippen MR) is 66.5 cm³/mol. The minimum atomic E-state index is -0.206. The molecule has 0 aliphatic carbocycles. The van der Waals surface area contributed by atoms with Crippen LogP contribution in [0.15, 0.2) is 36.9 Å². The zero-order valence-electron chi connectivity index (χ0n) is 10.1. The van der Waals surface area contributed by atoms with Crippen molar-refractivity contribution in [2.24, 2.45) is 7.05 Å². The molecular formula is C12H15N5O. The van der Waals surface area contributed by atoms with Crippen molar-refractivity contribution in [1.29, 1.82) is 0 Å². The van der Waals surface area contributed by atoms with Crippen molar-refractivity contribution in [3.05, 3.63) is 48.0 Å². The monoisotopic (exact) mass is 245 g/mol. The third-order valence-electron chi connectivity index (χ3n) is 2.39. The topological polar surface area (TPSA) is 71.8 Å². The number of carbonyl (C=O) groups excluding carboxylic acids is 1. The number of nitrogens with zero attached hydrogens (tertiary/aromatic N) is 3. The smallest absolute Gasteiger partial charge is 0.315 e. The van der Waals surface area contributed by atoms with Gasteiger partial charge in [-0.2, -0.15) is 5.10 Å². The molecule has 0 spiro atoms. The third-order valence-corrected chi connectivity index (χ3v) is 2.39. The maximum atomic E-state index is 11.5. The molecule has 0 aromatic carbocycles. The number of rotatable bonds is 4. The second kappa shape index (κ2) is 5.81. The number of amides is 2. The molecule has 2 rings (SSSR count). The number of hydrogen-bond donors (Lipinski definition) is 2. The molecule has 6 heteroatoms. The molecule has 0 aliphatic rings. The summed E-state index contributed by atoms with van der Waals surface area (Å²) in [5, 5.41) is 9.54.